The fourth-order valence-corrected chi connectivity index (χ4v) is 6.58. The van der Waals surface area contributed by atoms with Crippen molar-refractivity contribution in [2.75, 3.05) is 0 Å². The number of rotatable bonds is 3. The normalized spacial score (nSPS) is 24.0. The molecule has 0 amide bonds. The molecule has 1 saturated heterocycles. The zero-order valence-corrected chi connectivity index (χ0v) is 16.1. The fourth-order valence-electron chi connectivity index (χ4n) is 3.27. The number of nitrogens with zero attached hydrogens (tertiary/aromatic N) is 2. The van der Waals surface area contributed by atoms with Crippen LogP contribution in [0, 0.1) is 6.92 Å². The van der Waals surface area contributed by atoms with Gasteiger partial charge in [-0.05, 0) is 44.0 Å². The highest BCUT2D eigenvalue weighted by atomic mass is 32.2. The van der Waals surface area contributed by atoms with Crippen LogP contribution in [0.3, 0.4) is 0 Å². The fraction of sp³-hybridized carbons (Fsp3) is 0.250. The Kier molecular flexibility index (Phi) is 4.63. The third-order valence-corrected chi connectivity index (χ3v) is 7.90. The lowest BCUT2D eigenvalue weighted by Crippen LogP contribution is -2.42. The molecule has 2 aromatic carbocycles. The number of benzene rings is 2. The van der Waals surface area contributed by atoms with Crippen LogP contribution in [-0.4, -0.2) is 29.2 Å². The summed E-state index contributed by atoms with van der Waals surface area (Å²) in [5.74, 6) is 0. The van der Waals surface area contributed by atoms with E-state index in [-0.39, 0.29) is 11.3 Å². The Bertz CT molecular complexity index is 951. The molecule has 0 aromatic heterocycles. The first-order valence-electron chi connectivity index (χ1n) is 8.62. The smallest absolute Gasteiger partial charge is 0.240 e. The summed E-state index contributed by atoms with van der Waals surface area (Å²) in [4.78, 5) is 4.99. The van der Waals surface area contributed by atoms with Gasteiger partial charge in [0.25, 0.3) is 10.0 Å². The van der Waals surface area contributed by atoms with E-state index in [1.165, 1.54) is 0 Å². The average molecular weight is 385 g/mol. The molecule has 0 spiro atoms. The van der Waals surface area contributed by atoms with E-state index in [9.17, 15) is 8.42 Å². The molecule has 1 heterocycles. The molecule has 0 saturated carbocycles. The number of amidine groups is 1. The first-order valence-corrected chi connectivity index (χ1v) is 10.9. The molecule has 0 unspecified atom stereocenters. The molecule has 0 radical (unpaired) electrons. The van der Waals surface area contributed by atoms with Crippen molar-refractivity contribution in [3.63, 3.8) is 0 Å². The van der Waals surface area contributed by atoms with Gasteiger partial charge in [0.05, 0.1) is 16.6 Å². The number of aliphatic imine (C=N–C) groups is 1. The minimum Gasteiger partial charge on any atom is -0.240 e. The number of aryl methyl sites for hydroxylation is 1. The summed E-state index contributed by atoms with van der Waals surface area (Å²) in [5.41, 5.74) is 1.81. The molecule has 6 heteroatoms. The van der Waals surface area contributed by atoms with Crippen molar-refractivity contribution < 1.29 is 8.42 Å². The summed E-state index contributed by atoms with van der Waals surface area (Å²) in [6.07, 6.45) is 5.79. The lowest BCUT2D eigenvalue weighted by Gasteiger charge is -2.28. The Labute approximate surface area is 158 Å². The first kappa shape index (κ1) is 17.4. The highest BCUT2D eigenvalue weighted by molar-refractivity contribution is 8.16. The maximum absolute atomic E-state index is 13.4. The Morgan fingerprint density at radius 1 is 1.00 bits per heavy atom. The molecule has 4 nitrogen and oxygen atoms in total. The van der Waals surface area contributed by atoms with Gasteiger partial charge in [0.1, 0.15) is 0 Å². The van der Waals surface area contributed by atoms with Crippen LogP contribution >= 0.6 is 11.8 Å². The van der Waals surface area contributed by atoms with Crippen LogP contribution in [-0.2, 0) is 10.0 Å². The van der Waals surface area contributed by atoms with Gasteiger partial charge < -0.3 is 0 Å². The van der Waals surface area contributed by atoms with E-state index in [2.05, 4.69) is 17.1 Å². The summed E-state index contributed by atoms with van der Waals surface area (Å²) in [6.45, 7) is 1.95. The molecule has 4 rings (SSSR count). The summed E-state index contributed by atoms with van der Waals surface area (Å²) >= 11 is 1.57. The Morgan fingerprint density at radius 3 is 2.42 bits per heavy atom. The van der Waals surface area contributed by atoms with Gasteiger partial charge in [-0.25, -0.2) is 17.7 Å². The van der Waals surface area contributed by atoms with Crippen molar-refractivity contribution in [1.82, 2.24) is 4.31 Å². The van der Waals surface area contributed by atoms with E-state index >= 15 is 0 Å². The highest BCUT2D eigenvalue weighted by Crippen LogP contribution is 2.42. The number of thioether (sulfide) groups is 1. The molecule has 2 aromatic rings. The van der Waals surface area contributed by atoms with Gasteiger partial charge in [-0.2, -0.15) is 0 Å². The predicted octanol–water partition coefficient (Wildman–Crippen LogP) is 4.51. The van der Waals surface area contributed by atoms with Crippen LogP contribution in [0.4, 0.5) is 5.69 Å². The maximum atomic E-state index is 13.4. The third kappa shape index (κ3) is 3.19. The Balaban J connectivity index is 1.79. The van der Waals surface area contributed by atoms with E-state index < -0.39 is 10.0 Å². The predicted molar refractivity (Wildman–Crippen MR) is 107 cm³/mol. The van der Waals surface area contributed by atoms with Crippen molar-refractivity contribution >= 4 is 32.6 Å². The van der Waals surface area contributed by atoms with Gasteiger partial charge in [0.15, 0.2) is 5.17 Å². The minimum absolute atomic E-state index is 0.0845. The topological polar surface area (TPSA) is 49.7 Å². The van der Waals surface area contributed by atoms with Gasteiger partial charge in [0.2, 0.25) is 0 Å². The molecule has 1 aliphatic heterocycles. The molecule has 0 bridgehead atoms. The van der Waals surface area contributed by atoms with Crippen molar-refractivity contribution in [2.24, 2.45) is 4.99 Å². The quantitative estimate of drug-likeness (QED) is 0.732. The molecular weight excluding hydrogens is 364 g/mol. The van der Waals surface area contributed by atoms with Crippen LogP contribution < -0.4 is 0 Å². The van der Waals surface area contributed by atoms with Gasteiger partial charge in [-0.1, -0.05) is 59.8 Å². The molecule has 134 valence electrons. The number of para-hydroxylation sites is 1. The summed E-state index contributed by atoms with van der Waals surface area (Å²) < 4.78 is 28.4. The number of hydrogen-bond donors (Lipinski definition) is 0. The largest absolute Gasteiger partial charge is 0.266 e. The monoisotopic (exact) mass is 384 g/mol. The summed E-state index contributed by atoms with van der Waals surface area (Å²) in [5, 5.41) is 0.776. The van der Waals surface area contributed by atoms with Crippen LogP contribution in [0.5, 0.6) is 0 Å². The number of sulfonamides is 1. The van der Waals surface area contributed by atoms with Gasteiger partial charge in [-0.15, -0.1) is 0 Å². The van der Waals surface area contributed by atoms with Crippen LogP contribution in [0.2, 0.25) is 0 Å². The number of fused-ring (bicyclic) bond motifs is 1. The van der Waals surface area contributed by atoms with Gasteiger partial charge in [-0.3, -0.25) is 0 Å². The molecule has 0 N–H and O–H groups in total. The minimum atomic E-state index is -3.65. The lowest BCUT2D eigenvalue weighted by molar-refractivity contribution is 0.424. The third-order valence-electron chi connectivity index (χ3n) is 4.65. The van der Waals surface area contributed by atoms with Crippen LogP contribution in [0.25, 0.3) is 0 Å². The van der Waals surface area contributed by atoms with Crippen LogP contribution in [0.15, 0.2) is 76.6 Å². The molecule has 2 atom stereocenters. The SMILES string of the molecule is Cc1ccc(S(=O)(=O)N2C(=Nc3ccccc3)S[C@@H]3CC=CC[C@H]32)cc1. The molecule has 2 aliphatic rings. The van der Waals surface area contributed by atoms with Crippen molar-refractivity contribution in [1.29, 1.82) is 0 Å². The lowest BCUT2D eigenvalue weighted by atomic mass is 10.0. The number of allylic oxidation sites excluding steroid dienone is 1. The average Bonchev–Trinajstić information content (AvgIpc) is 3.01. The summed E-state index contributed by atoms with van der Waals surface area (Å²) in [6, 6.07) is 16.5. The second-order valence-electron chi connectivity index (χ2n) is 6.51. The highest BCUT2D eigenvalue weighted by Gasteiger charge is 2.45. The molecule has 26 heavy (non-hydrogen) atoms. The number of hydrogen-bond acceptors (Lipinski definition) is 4. The molecular formula is C20H20N2O2S2. The van der Waals surface area contributed by atoms with Crippen molar-refractivity contribution in [2.45, 2.75) is 36.0 Å². The van der Waals surface area contributed by atoms with Crippen LogP contribution in [0.1, 0.15) is 18.4 Å². The zero-order chi connectivity index (χ0) is 18.1. The second kappa shape index (κ2) is 6.93. The molecule has 1 aliphatic carbocycles. The molecule has 1 fully saturated rings. The van der Waals surface area contributed by atoms with E-state index in [0.29, 0.717) is 10.1 Å². The standard InChI is InChI=1S/C20H20N2O2S2/c1-15-11-13-17(14-12-15)26(23,24)22-18-9-5-6-10-19(18)25-20(22)21-16-7-3-2-4-8-16/h2-8,11-14,18-19H,9-10H2,1H3/t18-,19-/m1/s1. The first-order chi connectivity index (χ1) is 12.6. The van der Waals surface area contributed by atoms with E-state index in [1.54, 1.807) is 28.2 Å². The Hall–Kier alpha value is -2.05. The van der Waals surface area contributed by atoms with Gasteiger partial charge in [0, 0.05) is 5.25 Å². The van der Waals surface area contributed by atoms with E-state index in [0.717, 1.165) is 24.1 Å². The van der Waals surface area contributed by atoms with Crippen molar-refractivity contribution in [3.8, 4) is 0 Å². The van der Waals surface area contributed by atoms with Gasteiger partial charge >= 0.3 is 0 Å². The Morgan fingerprint density at radius 2 is 1.69 bits per heavy atom. The second-order valence-corrected chi connectivity index (χ2v) is 9.53. The van der Waals surface area contributed by atoms with E-state index in [1.807, 2.05) is 49.4 Å². The van der Waals surface area contributed by atoms with Crippen molar-refractivity contribution in [3.05, 3.63) is 72.3 Å². The summed E-state index contributed by atoms with van der Waals surface area (Å²) in [7, 11) is -3.65. The van der Waals surface area contributed by atoms with E-state index in [4.69, 9.17) is 0 Å². The zero-order valence-electron chi connectivity index (χ0n) is 14.4. The maximum Gasteiger partial charge on any atom is 0.266 e.